The molecule has 7 nitrogen and oxygen atoms in total. The number of ketones is 1. The molecule has 0 atom stereocenters. The maximum absolute atomic E-state index is 12.4. The van der Waals surface area contributed by atoms with Gasteiger partial charge in [-0.25, -0.2) is 4.98 Å². The molecule has 0 unspecified atom stereocenters. The zero-order valence-electron chi connectivity index (χ0n) is 15.8. The van der Waals surface area contributed by atoms with Gasteiger partial charge < -0.3 is 9.88 Å². The number of rotatable bonds is 7. The molecule has 1 saturated heterocycles. The molecular weight excluding hydrogens is 386 g/mol. The van der Waals surface area contributed by atoms with Gasteiger partial charge in [0.05, 0.1) is 5.75 Å². The zero-order valence-corrected chi connectivity index (χ0v) is 16.6. The van der Waals surface area contributed by atoms with E-state index < -0.39 is 0 Å². The van der Waals surface area contributed by atoms with Crippen molar-refractivity contribution in [1.82, 2.24) is 25.1 Å². The highest BCUT2D eigenvalue weighted by Gasteiger charge is 2.21. The minimum atomic E-state index is -0.0714. The smallest absolute Gasteiger partial charge is 0.270 e. The third-order valence-electron chi connectivity index (χ3n) is 4.68. The standard InChI is InChI=1S/C21H21N5O2S/c27-18(16-12-17(22-13-16)20(28)26-10-4-5-11-26)14-29-21-23-19(24-25-21)9-8-15-6-2-1-3-7-15/h1-3,6-9,12-13,22H,4-5,10-11,14H2,(H,23,24,25)/b9-8+. The predicted octanol–water partition coefficient (Wildman–Crippen LogP) is 3.51. The molecule has 8 heteroatoms. The van der Waals surface area contributed by atoms with E-state index >= 15 is 0 Å². The fraction of sp³-hybridized carbons (Fsp3) is 0.238. The molecule has 0 spiro atoms. The van der Waals surface area contributed by atoms with E-state index in [0.29, 0.717) is 22.2 Å². The second-order valence-corrected chi connectivity index (χ2v) is 7.70. The fourth-order valence-corrected chi connectivity index (χ4v) is 3.82. The monoisotopic (exact) mass is 407 g/mol. The first-order valence-electron chi connectivity index (χ1n) is 9.48. The molecule has 4 rings (SSSR count). The molecular formula is C21H21N5O2S. The molecule has 3 heterocycles. The molecule has 0 saturated carbocycles. The molecule has 1 aliphatic heterocycles. The average molecular weight is 407 g/mol. The summed E-state index contributed by atoms with van der Waals surface area (Å²) in [5, 5.41) is 7.50. The van der Waals surface area contributed by atoms with Crippen molar-refractivity contribution in [3.63, 3.8) is 0 Å². The number of benzene rings is 1. The number of nitrogens with zero attached hydrogens (tertiary/aromatic N) is 3. The van der Waals surface area contributed by atoms with E-state index in [0.717, 1.165) is 31.5 Å². The van der Waals surface area contributed by atoms with Crippen LogP contribution >= 0.6 is 11.8 Å². The Bertz CT molecular complexity index is 1020. The number of aromatic amines is 2. The van der Waals surface area contributed by atoms with E-state index in [1.807, 2.05) is 47.4 Å². The van der Waals surface area contributed by atoms with Crippen LogP contribution in [0.4, 0.5) is 0 Å². The Balaban J connectivity index is 1.31. The first-order chi connectivity index (χ1) is 14.2. The summed E-state index contributed by atoms with van der Waals surface area (Å²) in [6.45, 7) is 1.56. The van der Waals surface area contributed by atoms with E-state index in [1.165, 1.54) is 11.8 Å². The van der Waals surface area contributed by atoms with Gasteiger partial charge in [-0.2, -0.15) is 0 Å². The number of amides is 1. The van der Waals surface area contributed by atoms with Crippen molar-refractivity contribution in [3.8, 4) is 0 Å². The topological polar surface area (TPSA) is 94.7 Å². The van der Waals surface area contributed by atoms with Crippen molar-refractivity contribution in [2.45, 2.75) is 18.0 Å². The van der Waals surface area contributed by atoms with Gasteiger partial charge in [-0.3, -0.25) is 14.7 Å². The molecule has 2 aromatic heterocycles. The number of hydrogen-bond acceptors (Lipinski definition) is 5. The Morgan fingerprint density at radius 1 is 1.14 bits per heavy atom. The average Bonchev–Trinajstić information content (AvgIpc) is 3.52. The van der Waals surface area contributed by atoms with Crippen LogP contribution in [0, 0.1) is 0 Å². The first-order valence-corrected chi connectivity index (χ1v) is 10.5. The van der Waals surface area contributed by atoms with Crippen LogP contribution in [0.2, 0.25) is 0 Å². The van der Waals surface area contributed by atoms with Gasteiger partial charge in [-0.1, -0.05) is 48.2 Å². The largest absolute Gasteiger partial charge is 0.356 e. The molecule has 3 aromatic rings. The number of hydrogen-bond donors (Lipinski definition) is 2. The van der Waals surface area contributed by atoms with Crippen LogP contribution in [0.15, 0.2) is 47.8 Å². The summed E-state index contributed by atoms with van der Waals surface area (Å²) in [6.07, 6.45) is 7.45. The van der Waals surface area contributed by atoms with Crippen LogP contribution in [-0.4, -0.2) is 55.6 Å². The Kier molecular flexibility index (Phi) is 5.90. The number of H-pyrrole nitrogens is 2. The lowest BCUT2D eigenvalue weighted by molar-refractivity contribution is 0.0787. The van der Waals surface area contributed by atoms with Crippen LogP contribution < -0.4 is 0 Å². The van der Waals surface area contributed by atoms with Crippen molar-refractivity contribution < 1.29 is 9.59 Å². The third kappa shape index (κ3) is 4.83. The molecule has 29 heavy (non-hydrogen) atoms. The lowest BCUT2D eigenvalue weighted by Gasteiger charge is -2.13. The Morgan fingerprint density at radius 2 is 1.93 bits per heavy atom. The molecule has 1 amide bonds. The minimum Gasteiger partial charge on any atom is -0.356 e. The van der Waals surface area contributed by atoms with Crippen molar-refractivity contribution in [2.24, 2.45) is 0 Å². The molecule has 0 radical (unpaired) electrons. The van der Waals surface area contributed by atoms with Crippen LogP contribution in [0.5, 0.6) is 0 Å². The van der Waals surface area contributed by atoms with E-state index in [-0.39, 0.29) is 17.4 Å². The van der Waals surface area contributed by atoms with Crippen molar-refractivity contribution >= 4 is 35.6 Å². The summed E-state index contributed by atoms with van der Waals surface area (Å²) in [6, 6.07) is 11.5. The Morgan fingerprint density at radius 3 is 2.72 bits per heavy atom. The first kappa shape index (κ1) is 19.2. The van der Waals surface area contributed by atoms with Crippen molar-refractivity contribution in [3.05, 3.63) is 65.2 Å². The number of nitrogens with one attached hydrogen (secondary N) is 2. The van der Waals surface area contributed by atoms with E-state index in [1.54, 1.807) is 12.3 Å². The van der Waals surface area contributed by atoms with E-state index in [2.05, 4.69) is 20.2 Å². The summed E-state index contributed by atoms with van der Waals surface area (Å²) >= 11 is 1.26. The van der Waals surface area contributed by atoms with Gasteiger partial charge in [0.25, 0.3) is 5.91 Å². The normalized spacial score (nSPS) is 14.0. The SMILES string of the molecule is O=C(CSc1n[nH]c(/C=C/c2ccccc2)n1)c1c[nH]c(C(=O)N2CCCC2)c1. The van der Waals surface area contributed by atoms with Gasteiger partial charge in [0, 0.05) is 24.8 Å². The second-order valence-electron chi connectivity index (χ2n) is 6.76. The summed E-state index contributed by atoms with van der Waals surface area (Å²) in [7, 11) is 0. The number of Topliss-reactive ketones (excluding diaryl/α,β-unsaturated/α-hetero) is 1. The number of thioether (sulfide) groups is 1. The molecule has 1 aliphatic rings. The molecule has 1 fully saturated rings. The number of aromatic nitrogens is 4. The Labute approximate surface area is 172 Å². The molecule has 0 aliphatic carbocycles. The molecule has 148 valence electrons. The predicted molar refractivity (Wildman–Crippen MR) is 113 cm³/mol. The van der Waals surface area contributed by atoms with Crippen LogP contribution in [-0.2, 0) is 0 Å². The Hall–Kier alpha value is -3.13. The van der Waals surface area contributed by atoms with Crippen molar-refractivity contribution in [1.29, 1.82) is 0 Å². The zero-order chi connectivity index (χ0) is 20.1. The number of carbonyl (C=O) groups is 2. The van der Waals surface area contributed by atoms with Gasteiger partial charge in [-0.05, 0) is 30.5 Å². The number of carbonyl (C=O) groups excluding carboxylic acids is 2. The molecule has 1 aromatic carbocycles. The van der Waals surface area contributed by atoms with Crippen LogP contribution in [0.3, 0.4) is 0 Å². The minimum absolute atomic E-state index is 0.0435. The molecule has 2 N–H and O–H groups in total. The van der Waals surface area contributed by atoms with Gasteiger partial charge >= 0.3 is 0 Å². The lowest BCUT2D eigenvalue weighted by atomic mass is 10.2. The third-order valence-corrected chi connectivity index (χ3v) is 5.52. The van der Waals surface area contributed by atoms with E-state index in [4.69, 9.17) is 0 Å². The lowest BCUT2D eigenvalue weighted by Crippen LogP contribution is -2.27. The highest BCUT2D eigenvalue weighted by Crippen LogP contribution is 2.18. The maximum Gasteiger partial charge on any atom is 0.270 e. The maximum atomic E-state index is 12.4. The van der Waals surface area contributed by atoms with E-state index in [9.17, 15) is 9.59 Å². The molecule has 0 bridgehead atoms. The summed E-state index contributed by atoms with van der Waals surface area (Å²) < 4.78 is 0. The highest BCUT2D eigenvalue weighted by molar-refractivity contribution is 7.99. The summed E-state index contributed by atoms with van der Waals surface area (Å²) in [5.74, 6) is 0.717. The van der Waals surface area contributed by atoms with Gasteiger partial charge in [0.15, 0.2) is 5.78 Å². The van der Waals surface area contributed by atoms with Crippen LogP contribution in [0.1, 0.15) is 45.1 Å². The number of likely N-dealkylation sites (tertiary alicyclic amines) is 1. The van der Waals surface area contributed by atoms with Gasteiger partial charge in [0.1, 0.15) is 11.5 Å². The summed E-state index contributed by atoms with van der Waals surface area (Å²) in [4.78, 5) is 33.9. The summed E-state index contributed by atoms with van der Waals surface area (Å²) in [5.41, 5.74) is 2.03. The van der Waals surface area contributed by atoms with Gasteiger partial charge in [0.2, 0.25) is 5.16 Å². The van der Waals surface area contributed by atoms with Crippen LogP contribution in [0.25, 0.3) is 12.2 Å². The fourth-order valence-electron chi connectivity index (χ4n) is 3.12. The quantitative estimate of drug-likeness (QED) is 0.462. The highest BCUT2D eigenvalue weighted by atomic mass is 32.2. The second kappa shape index (κ2) is 8.91. The van der Waals surface area contributed by atoms with Gasteiger partial charge in [-0.15, -0.1) is 5.10 Å². The van der Waals surface area contributed by atoms with Crippen molar-refractivity contribution in [2.75, 3.05) is 18.8 Å².